The van der Waals surface area contributed by atoms with E-state index in [0.717, 1.165) is 41.3 Å². The number of carbonyl (C=O) groups excluding carboxylic acids is 1. The van der Waals surface area contributed by atoms with E-state index in [0.29, 0.717) is 19.0 Å². The van der Waals surface area contributed by atoms with Gasteiger partial charge >= 0.3 is 6.09 Å². The normalized spacial score (nSPS) is 16.1. The van der Waals surface area contributed by atoms with E-state index in [4.69, 9.17) is 14.6 Å². The fourth-order valence-electron chi connectivity index (χ4n) is 3.76. The third kappa shape index (κ3) is 3.62. The van der Waals surface area contributed by atoms with Crippen molar-refractivity contribution in [3.05, 3.63) is 36.2 Å². The van der Waals surface area contributed by atoms with Crippen molar-refractivity contribution < 1.29 is 14.3 Å². The number of amides is 1. The van der Waals surface area contributed by atoms with Crippen LogP contribution >= 0.6 is 0 Å². The van der Waals surface area contributed by atoms with Gasteiger partial charge in [0.05, 0.1) is 37.2 Å². The van der Waals surface area contributed by atoms with E-state index in [2.05, 4.69) is 14.9 Å². The highest BCUT2D eigenvalue weighted by molar-refractivity contribution is 5.69. The zero-order valence-electron chi connectivity index (χ0n) is 17.7. The minimum atomic E-state index is -0.288. The molecule has 1 aliphatic heterocycles. The van der Waals surface area contributed by atoms with Gasteiger partial charge in [-0.05, 0) is 44.0 Å². The van der Waals surface area contributed by atoms with Crippen molar-refractivity contribution in [2.75, 3.05) is 38.8 Å². The van der Waals surface area contributed by atoms with Gasteiger partial charge < -0.3 is 19.3 Å². The SMILES string of the molecule is CCOC(=O)N(C)[C@H]1CCN(c2ccc3ncc(-c4cc(C)cnc4OC)n3n2)C1. The second-order valence-electron chi connectivity index (χ2n) is 7.37. The van der Waals surface area contributed by atoms with Crippen LogP contribution in [0.15, 0.2) is 30.6 Å². The quantitative estimate of drug-likeness (QED) is 0.639. The van der Waals surface area contributed by atoms with Gasteiger partial charge in [0.15, 0.2) is 5.65 Å². The van der Waals surface area contributed by atoms with Crippen LogP contribution in [-0.4, -0.2) is 70.5 Å². The van der Waals surface area contributed by atoms with Gasteiger partial charge in [0.25, 0.3) is 0 Å². The number of hydrogen-bond acceptors (Lipinski definition) is 7. The molecule has 9 heteroatoms. The standard InChI is InChI=1S/C21H26N6O3/c1-5-30-21(28)25(3)15-8-9-26(13-15)19-7-6-18-22-12-17(27(18)24-19)16-10-14(2)11-23-20(16)29-4/h6-7,10-12,15H,5,8-9,13H2,1-4H3/t15-/m0/s1. The number of anilines is 1. The molecule has 0 N–H and O–H groups in total. The lowest BCUT2D eigenvalue weighted by molar-refractivity contribution is 0.105. The lowest BCUT2D eigenvalue weighted by atomic mass is 10.1. The van der Waals surface area contributed by atoms with Crippen LogP contribution in [0.4, 0.5) is 10.6 Å². The van der Waals surface area contributed by atoms with E-state index in [-0.39, 0.29) is 12.1 Å². The molecule has 3 aromatic rings. The summed E-state index contributed by atoms with van der Waals surface area (Å²) in [6.45, 7) is 5.69. The molecule has 3 aromatic heterocycles. The molecule has 0 aromatic carbocycles. The molecule has 0 spiro atoms. The summed E-state index contributed by atoms with van der Waals surface area (Å²) in [5.74, 6) is 1.37. The minimum absolute atomic E-state index is 0.0878. The molecule has 1 atom stereocenters. The number of likely N-dealkylation sites (N-methyl/N-ethyl adjacent to an activating group) is 1. The molecule has 4 heterocycles. The largest absolute Gasteiger partial charge is 0.481 e. The maximum absolute atomic E-state index is 12.0. The molecule has 30 heavy (non-hydrogen) atoms. The van der Waals surface area contributed by atoms with Crippen LogP contribution in [0.3, 0.4) is 0 Å². The number of pyridine rings is 1. The Balaban J connectivity index is 1.63. The number of hydrogen-bond donors (Lipinski definition) is 0. The van der Waals surface area contributed by atoms with Gasteiger partial charge in [-0.15, -0.1) is 5.10 Å². The van der Waals surface area contributed by atoms with Crippen LogP contribution in [-0.2, 0) is 4.74 Å². The van der Waals surface area contributed by atoms with Crippen LogP contribution in [0.2, 0.25) is 0 Å². The van der Waals surface area contributed by atoms with E-state index >= 15 is 0 Å². The summed E-state index contributed by atoms with van der Waals surface area (Å²) in [5, 5.41) is 4.84. The number of rotatable bonds is 5. The number of nitrogens with zero attached hydrogens (tertiary/aromatic N) is 6. The van der Waals surface area contributed by atoms with Crippen molar-refractivity contribution in [2.45, 2.75) is 26.3 Å². The van der Waals surface area contributed by atoms with Gasteiger partial charge in [0.2, 0.25) is 5.88 Å². The van der Waals surface area contributed by atoms with E-state index in [1.807, 2.05) is 36.6 Å². The highest BCUT2D eigenvalue weighted by atomic mass is 16.6. The summed E-state index contributed by atoms with van der Waals surface area (Å²) >= 11 is 0. The second kappa shape index (κ2) is 8.17. The van der Waals surface area contributed by atoms with Crippen LogP contribution in [0.1, 0.15) is 18.9 Å². The van der Waals surface area contributed by atoms with Gasteiger partial charge in [-0.2, -0.15) is 0 Å². The first kappa shape index (κ1) is 19.9. The van der Waals surface area contributed by atoms with Crippen molar-refractivity contribution in [3.63, 3.8) is 0 Å². The Labute approximate surface area is 175 Å². The topological polar surface area (TPSA) is 85.1 Å². The first-order chi connectivity index (χ1) is 14.5. The summed E-state index contributed by atoms with van der Waals surface area (Å²) in [4.78, 5) is 24.7. The molecule has 0 radical (unpaired) electrons. The summed E-state index contributed by atoms with van der Waals surface area (Å²) in [6.07, 6.45) is 4.13. The maximum atomic E-state index is 12.0. The Morgan fingerprint density at radius 2 is 2.13 bits per heavy atom. The Kier molecular flexibility index (Phi) is 5.43. The summed E-state index contributed by atoms with van der Waals surface area (Å²) in [6, 6.07) is 6.02. The highest BCUT2D eigenvalue weighted by Crippen LogP contribution is 2.30. The number of aryl methyl sites for hydroxylation is 1. The molecule has 1 aliphatic rings. The highest BCUT2D eigenvalue weighted by Gasteiger charge is 2.30. The van der Waals surface area contributed by atoms with E-state index in [1.54, 1.807) is 31.5 Å². The zero-order valence-corrected chi connectivity index (χ0v) is 17.7. The monoisotopic (exact) mass is 410 g/mol. The van der Waals surface area contributed by atoms with Crippen LogP contribution in [0.5, 0.6) is 5.88 Å². The summed E-state index contributed by atoms with van der Waals surface area (Å²) in [7, 11) is 3.39. The third-order valence-corrected chi connectivity index (χ3v) is 5.40. The Morgan fingerprint density at radius 1 is 1.30 bits per heavy atom. The first-order valence-electron chi connectivity index (χ1n) is 10.0. The summed E-state index contributed by atoms with van der Waals surface area (Å²) in [5.41, 5.74) is 3.44. The molecule has 0 unspecified atom stereocenters. The number of carbonyl (C=O) groups is 1. The predicted octanol–water partition coefficient (Wildman–Crippen LogP) is 2.78. The van der Waals surface area contributed by atoms with Gasteiger partial charge in [0, 0.05) is 26.3 Å². The first-order valence-corrected chi connectivity index (χ1v) is 10.0. The smallest absolute Gasteiger partial charge is 0.409 e. The van der Waals surface area contributed by atoms with Crippen molar-refractivity contribution in [2.24, 2.45) is 0 Å². The predicted molar refractivity (Wildman–Crippen MR) is 113 cm³/mol. The molecule has 9 nitrogen and oxygen atoms in total. The molecule has 1 amide bonds. The summed E-state index contributed by atoms with van der Waals surface area (Å²) < 4.78 is 12.4. The lowest BCUT2D eigenvalue weighted by Crippen LogP contribution is -2.39. The van der Waals surface area contributed by atoms with E-state index < -0.39 is 0 Å². The lowest BCUT2D eigenvalue weighted by Gasteiger charge is -2.24. The average Bonchev–Trinajstić information content (AvgIpc) is 3.40. The van der Waals surface area contributed by atoms with Crippen LogP contribution < -0.4 is 9.64 Å². The molecule has 1 saturated heterocycles. The molecular formula is C21H26N6O3. The van der Waals surface area contributed by atoms with Gasteiger partial charge in [-0.25, -0.2) is 19.3 Å². The van der Waals surface area contributed by atoms with Crippen LogP contribution in [0.25, 0.3) is 16.9 Å². The van der Waals surface area contributed by atoms with Crippen molar-refractivity contribution in [1.29, 1.82) is 0 Å². The second-order valence-corrected chi connectivity index (χ2v) is 7.37. The Morgan fingerprint density at radius 3 is 2.90 bits per heavy atom. The van der Waals surface area contributed by atoms with Crippen molar-refractivity contribution in [1.82, 2.24) is 24.5 Å². The Bertz CT molecular complexity index is 1070. The number of imidazole rings is 1. The van der Waals surface area contributed by atoms with Gasteiger partial charge in [0.1, 0.15) is 5.82 Å². The van der Waals surface area contributed by atoms with Gasteiger partial charge in [-0.1, -0.05) is 0 Å². The van der Waals surface area contributed by atoms with E-state index in [9.17, 15) is 4.79 Å². The molecular weight excluding hydrogens is 384 g/mol. The zero-order chi connectivity index (χ0) is 21.3. The van der Waals surface area contributed by atoms with Crippen molar-refractivity contribution >= 4 is 17.6 Å². The average molecular weight is 410 g/mol. The molecule has 0 bridgehead atoms. The number of fused-ring (bicyclic) bond motifs is 1. The minimum Gasteiger partial charge on any atom is -0.481 e. The fraction of sp³-hybridized carbons (Fsp3) is 0.429. The van der Waals surface area contributed by atoms with Gasteiger partial charge in [-0.3, -0.25) is 0 Å². The third-order valence-electron chi connectivity index (χ3n) is 5.40. The molecule has 0 aliphatic carbocycles. The number of aromatic nitrogens is 4. The number of ether oxygens (including phenoxy) is 2. The van der Waals surface area contributed by atoms with Crippen LogP contribution in [0, 0.1) is 6.92 Å². The Hall–Kier alpha value is -3.36. The molecule has 1 fully saturated rings. The number of methoxy groups -OCH3 is 1. The fourth-order valence-corrected chi connectivity index (χ4v) is 3.76. The molecule has 0 saturated carbocycles. The molecule has 4 rings (SSSR count). The van der Waals surface area contributed by atoms with E-state index in [1.165, 1.54) is 0 Å². The maximum Gasteiger partial charge on any atom is 0.409 e. The molecule has 158 valence electrons. The van der Waals surface area contributed by atoms with Crippen molar-refractivity contribution in [3.8, 4) is 17.1 Å².